The fourth-order valence-corrected chi connectivity index (χ4v) is 3.10. The molecule has 0 saturated carbocycles. The van der Waals surface area contributed by atoms with Crippen molar-refractivity contribution in [2.24, 2.45) is 0 Å². The first-order valence-electron chi connectivity index (χ1n) is 7.96. The van der Waals surface area contributed by atoms with Crippen LogP contribution >= 0.6 is 0 Å². The Balaban J connectivity index is 1.90. The van der Waals surface area contributed by atoms with Gasteiger partial charge in [-0.1, -0.05) is 24.3 Å². The van der Waals surface area contributed by atoms with E-state index in [1.54, 1.807) is 24.3 Å². The molecule has 0 atom stereocenters. The number of rotatable bonds is 7. The zero-order valence-corrected chi connectivity index (χ0v) is 15.4. The average molecular weight is 375 g/mol. The molecule has 0 aliphatic heterocycles. The van der Waals surface area contributed by atoms with E-state index in [0.29, 0.717) is 5.56 Å². The van der Waals surface area contributed by atoms with Crippen molar-refractivity contribution in [3.8, 4) is 0 Å². The third-order valence-electron chi connectivity index (χ3n) is 3.61. The highest BCUT2D eigenvalue weighted by Gasteiger charge is 2.18. The van der Waals surface area contributed by atoms with Crippen molar-refractivity contribution in [3.63, 3.8) is 0 Å². The molecule has 138 valence electrons. The highest BCUT2D eigenvalue weighted by atomic mass is 32.2. The molecular weight excluding hydrogens is 354 g/mol. The minimum absolute atomic E-state index is 0.0486. The molecule has 0 radical (unpaired) electrons. The predicted octanol–water partition coefficient (Wildman–Crippen LogP) is 1.10. The number of hydrogen-bond acceptors (Lipinski definition) is 4. The Bertz CT molecular complexity index is 880. The summed E-state index contributed by atoms with van der Waals surface area (Å²) in [5, 5.41) is 5.35. The minimum Gasteiger partial charge on any atom is -0.350 e. The number of hydrogen-bond donors (Lipinski definition) is 2. The van der Waals surface area contributed by atoms with Crippen LogP contribution in [0.3, 0.4) is 0 Å². The average Bonchev–Trinajstić information content (AvgIpc) is 2.65. The zero-order valence-electron chi connectivity index (χ0n) is 14.6. The molecule has 2 rings (SSSR count). The number of carbonyl (C=O) groups excluding carboxylic acids is 2. The molecule has 0 heterocycles. The van der Waals surface area contributed by atoms with Crippen molar-refractivity contribution in [2.45, 2.75) is 4.90 Å². The Morgan fingerprint density at radius 1 is 0.846 bits per heavy atom. The van der Waals surface area contributed by atoms with Gasteiger partial charge in [-0.05, 0) is 30.3 Å². The second-order valence-electron chi connectivity index (χ2n) is 5.69. The molecular formula is C18H21N3O4S. The van der Waals surface area contributed by atoms with Gasteiger partial charge in [0.2, 0.25) is 10.0 Å². The molecule has 0 saturated heterocycles. The number of amides is 2. The van der Waals surface area contributed by atoms with E-state index in [1.807, 2.05) is 6.07 Å². The maximum atomic E-state index is 12.2. The second kappa shape index (κ2) is 8.59. The van der Waals surface area contributed by atoms with E-state index in [-0.39, 0.29) is 29.5 Å². The molecule has 2 amide bonds. The predicted molar refractivity (Wildman–Crippen MR) is 98.4 cm³/mol. The van der Waals surface area contributed by atoms with E-state index in [2.05, 4.69) is 10.6 Å². The quantitative estimate of drug-likeness (QED) is 0.709. The van der Waals surface area contributed by atoms with Gasteiger partial charge in [-0.2, -0.15) is 0 Å². The maximum absolute atomic E-state index is 12.2. The molecule has 0 spiro atoms. The molecule has 0 aliphatic rings. The summed E-state index contributed by atoms with van der Waals surface area (Å²) in [5.74, 6) is -0.631. The Morgan fingerprint density at radius 3 is 1.96 bits per heavy atom. The summed E-state index contributed by atoms with van der Waals surface area (Å²) < 4.78 is 25.3. The summed E-state index contributed by atoms with van der Waals surface area (Å²) in [6.45, 7) is 0.483. The van der Waals surface area contributed by atoms with E-state index >= 15 is 0 Å². The van der Waals surface area contributed by atoms with E-state index in [0.717, 1.165) is 4.31 Å². The highest BCUT2D eigenvalue weighted by molar-refractivity contribution is 7.89. The maximum Gasteiger partial charge on any atom is 0.251 e. The lowest BCUT2D eigenvalue weighted by Gasteiger charge is -2.12. The number of sulfonamides is 1. The lowest BCUT2D eigenvalue weighted by Crippen LogP contribution is -2.34. The Labute approximate surface area is 153 Å². The molecule has 2 aromatic carbocycles. The molecule has 0 aromatic heterocycles. The van der Waals surface area contributed by atoms with Crippen LogP contribution in [0.5, 0.6) is 0 Å². The lowest BCUT2D eigenvalue weighted by molar-refractivity contribution is 0.0927. The van der Waals surface area contributed by atoms with Gasteiger partial charge in [-0.25, -0.2) is 12.7 Å². The van der Waals surface area contributed by atoms with Crippen LogP contribution in [0.4, 0.5) is 0 Å². The summed E-state index contributed by atoms with van der Waals surface area (Å²) in [5.41, 5.74) is 0.780. The van der Waals surface area contributed by atoms with Gasteiger partial charge in [-0.15, -0.1) is 0 Å². The fourth-order valence-electron chi connectivity index (χ4n) is 2.15. The third kappa shape index (κ3) is 4.90. The monoisotopic (exact) mass is 375 g/mol. The van der Waals surface area contributed by atoms with E-state index in [4.69, 9.17) is 0 Å². The zero-order chi connectivity index (χ0) is 19.2. The summed E-state index contributed by atoms with van der Waals surface area (Å²) in [6, 6.07) is 14.6. The fraction of sp³-hybridized carbons (Fsp3) is 0.222. The SMILES string of the molecule is CN(C)S(=O)(=O)c1cccc(C(=O)NCCNC(=O)c2ccccc2)c1. The molecule has 2 N–H and O–H groups in total. The van der Waals surface area contributed by atoms with E-state index < -0.39 is 15.9 Å². The molecule has 7 nitrogen and oxygen atoms in total. The third-order valence-corrected chi connectivity index (χ3v) is 5.42. The summed E-state index contributed by atoms with van der Waals surface area (Å²) >= 11 is 0. The Morgan fingerprint density at radius 2 is 1.38 bits per heavy atom. The van der Waals surface area contributed by atoms with Crippen LogP contribution in [0.1, 0.15) is 20.7 Å². The van der Waals surface area contributed by atoms with Gasteiger partial charge in [-0.3, -0.25) is 9.59 Å². The molecule has 0 bridgehead atoms. The normalized spacial score (nSPS) is 11.2. The highest BCUT2D eigenvalue weighted by Crippen LogP contribution is 2.14. The number of benzene rings is 2. The van der Waals surface area contributed by atoms with Gasteiger partial charge >= 0.3 is 0 Å². The molecule has 26 heavy (non-hydrogen) atoms. The van der Waals surface area contributed by atoms with Crippen LogP contribution in [-0.2, 0) is 10.0 Å². The van der Waals surface area contributed by atoms with Crippen molar-refractivity contribution < 1.29 is 18.0 Å². The van der Waals surface area contributed by atoms with E-state index in [1.165, 1.54) is 38.4 Å². The van der Waals surface area contributed by atoms with Gasteiger partial charge in [0.05, 0.1) is 4.90 Å². The van der Waals surface area contributed by atoms with E-state index in [9.17, 15) is 18.0 Å². The molecule has 0 unspecified atom stereocenters. The van der Waals surface area contributed by atoms with Crippen LogP contribution < -0.4 is 10.6 Å². The Kier molecular flexibility index (Phi) is 6.48. The van der Waals surface area contributed by atoms with Gasteiger partial charge in [0.25, 0.3) is 11.8 Å². The lowest BCUT2D eigenvalue weighted by atomic mass is 10.2. The van der Waals surface area contributed by atoms with Gasteiger partial charge in [0.1, 0.15) is 0 Å². The molecule has 2 aromatic rings. The molecule has 0 fully saturated rings. The van der Waals surface area contributed by atoms with Crippen LogP contribution in [0, 0.1) is 0 Å². The van der Waals surface area contributed by atoms with Crippen molar-refractivity contribution in [3.05, 3.63) is 65.7 Å². The minimum atomic E-state index is -3.60. The van der Waals surface area contributed by atoms with Crippen molar-refractivity contribution in [2.75, 3.05) is 27.2 Å². The van der Waals surface area contributed by atoms with Gasteiger partial charge in [0, 0.05) is 38.3 Å². The standard InChI is InChI=1S/C18H21N3O4S/c1-21(2)26(24,25)16-10-6-9-15(13-16)18(23)20-12-11-19-17(22)14-7-4-3-5-8-14/h3-10,13H,11-12H2,1-2H3,(H,19,22)(H,20,23). The summed E-state index contributed by atoms with van der Waals surface area (Å²) in [6.07, 6.45) is 0. The van der Waals surface area contributed by atoms with Gasteiger partial charge < -0.3 is 10.6 Å². The van der Waals surface area contributed by atoms with Crippen molar-refractivity contribution in [1.29, 1.82) is 0 Å². The smallest absolute Gasteiger partial charge is 0.251 e. The molecule has 0 aliphatic carbocycles. The Hall–Kier alpha value is -2.71. The first-order valence-corrected chi connectivity index (χ1v) is 9.40. The largest absolute Gasteiger partial charge is 0.350 e. The topological polar surface area (TPSA) is 95.6 Å². The first kappa shape index (κ1) is 19.6. The first-order chi connectivity index (χ1) is 12.3. The van der Waals surface area contributed by atoms with Crippen molar-refractivity contribution in [1.82, 2.24) is 14.9 Å². The summed E-state index contributed by atoms with van der Waals surface area (Å²) in [4.78, 5) is 24.1. The molecule has 8 heteroatoms. The van der Waals surface area contributed by atoms with Crippen LogP contribution in [-0.4, -0.2) is 51.7 Å². The van der Waals surface area contributed by atoms with Gasteiger partial charge in [0.15, 0.2) is 0 Å². The summed E-state index contributed by atoms with van der Waals surface area (Å²) in [7, 11) is -0.747. The number of nitrogens with one attached hydrogen (secondary N) is 2. The van der Waals surface area contributed by atoms with Crippen molar-refractivity contribution >= 4 is 21.8 Å². The number of nitrogens with zero attached hydrogens (tertiary/aromatic N) is 1. The van der Waals surface area contributed by atoms with Crippen LogP contribution in [0.25, 0.3) is 0 Å². The second-order valence-corrected chi connectivity index (χ2v) is 7.84. The van der Waals surface area contributed by atoms with Crippen LogP contribution in [0.15, 0.2) is 59.5 Å². The van der Waals surface area contributed by atoms with Crippen LogP contribution in [0.2, 0.25) is 0 Å². The number of carbonyl (C=O) groups is 2.